The highest BCUT2D eigenvalue weighted by atomic mass is 16.4. The molecule has 90 valence electrons. The van der Waals surface area contributed by atoms with E-state index in [0.717, 1.165) is 0 Å². The van der Waals surface area contributed by atoms with Crippen molar-refractivity contribution >= 4 is 27.6 Å². The quantitative estimate of drug-likeness (QED) is 0.480. The Balaban J connectivity index is 2.75. The van der Waals surface area contributed by atoms with Crippen LogP contribution >= 0.6 is 0 Å². The highest BCUT2D eigenvalue weighted by Crippen LogP contribution is 2.25. The van der Waals surface area contributed by atoms with E-state index in [4.69, 9.17) is 14.6 Å². The summed E-state index contributed by atoms with van der Waals surface area (Å²) >= 11 is 0. The van der Waals surface area contributed by atoms with Crippen molar-refractivity contribution in [1.82, 2.24) is 0 Å². The minimum atomic E-state index is -0.643. The van der Waals surface area contributed by atoms with Crippen LogP contribution in [-0.2, 0) is 0 Å². The lowest BCUT2D eigenvalue weighted by Gasteiger charge is -2.04. The molecule has 2 N–H and O–H groups in total. The number of para-hydroxylation sites is 1. The van der Waals surface area contributed by atoms with Crippen LogP contribution in [0.25, 0.3) is 21.9 Å². The third-order valence-electron chi connectivity index (χ3n) is 2.96. The second kappa shape index (κ2) is 3.46. The van der Waals surface area contributed by atoms with Gasteiger partial charge in [-0.05, 0) is 24.6 Å². The van der Waals surface area contributed by atoms with E-state index < -0.39 is 11.3 Å². The molecule has 18 heavy (non-hydrogen) atoms. The maximum Gasteiger partial charge on any atom is 0.359 e. The molecule has 0 atom stereocenters. The molecule has 0 unspecified atom stereocenters. The average molecular weight is 243 g/mol. The van der Waals surface area contributed by atoms with Gasteiger partial charge in [0, 0.05) is 0 Å². The second-order valence-electron chi connectivity index (χ2n) is 4.02. The van der Waals surface area contributed by atoms with Crippen LogP contribution in [0.15, 0.2) is 42.7 Å². The van der Waals surface area contributed by atoms with Gasteiger partial charge in [-0.25, -0.2) is 9.59 Å². The van der Waals surface area contributed by atoms with Gasteiger partial charge in [0.2, 0.25) is 0 Å². The van der Waals surface area contributed by atoms with E-state index in [2.05, 4.69) is 0 Å². The third kappa shape index (κ3) is 1.27. The summed E-state index contributed by atoms with van der Waals surface area (Å²) in [4.78, 5) is 23.5. The van der Waals surface area contributed by atoms with Crippen molar-refractivity contribution in [2.45, 2.75) is 6.92 Å². The van der Waals surface area contributed by atoms with E-state index in [-0.39, 0.29) is 16.7 Å². The molecule has 5 nitrogen and oxygen atoms in total. The first-order valence-corrected chi connectivity index (χ1v) is 5.34. The van der Waals surface area contributed by atoms with Crippen molar-refractivity contribution in [1.29, 1.82) is 0 Å². The molecule has 0 amide bonds. The van der Waals surface area contributed by atoms with Crippen LogP contribution in [-0.4, -0.2) is 0 Å². The number of nitrogen functional groups attached to an aromatic ring is 1. The molecule has 3 rings (SSSR count). The molecule has 0 aliphatic carbocycles. The van der Waals surface area contributed by atoms with Crippen molar-refractivity contribution in [2.24, 2.45) is 0 Å². The second-order valence-corrected chi connectivity index (χ2v) is 4.02. The lowest BCUT2D eigenvalue weighted by atomic mass is 10.1. The zero-order chi connectivity index (χ0) is 12.9. The summed E-state index contributed by atoms with van der Waals surface area (Å²) in [5, 5.41) is 0.790. The molecule has 2 aromatic heterocycles. The van der Waals surface area contributed by atoms with Crippen LogP contribution < -0.4 is 17.0 Å². The lowest BCUT2D eigenvalue weighted by Crippen LogP contribution is -2.13. The SMILES string of the molecule is Cc1c(N)c(=O)oc2c1c(=O)oc1ccccc12. The van der Waals surface area contributed by atoms with Crippen LogP contribution in [0.3, 0.4) is 0 Å². The van der Waals surface area contributed by atoms with Gasteiger partial charge >= 0.3 is 11.3 Å². The summed E-state index contributed by atoms with van der Waals surface area (Å²) in [6.07, 6.45) is 0. The zero-order valence-corrected chi connectivity index (χ0v) is 9.52. The van der Waals surface area contributed by atoms with Gasteiger partial charge in [-0.2, -0.15) is 0 Å². The van der Waals surface area contributed by atoms with Crippen molar-refractivity contribution in [3.05, 3.63) is 50.7 Å². The zero-order valence-electron chi connectivity index (χ0n) is 9.52. The van der Waals surface area contributed by atoms with E-state index in [1.807, 2.05) is 0 Å². The number of hydrogen-bond donors (Lipinski definition) is 1. The Morgan fingerprint density at radius 2 is 1.78 bits per heavy atom. The Hall–Kier alpha value is -2.56. The Morgan fingerprint density at radius 3 is 2.56 bits per heavy atom. The van der Waals surface area contributed by atoms with Crippen LogP contribution in [0, 0.1) is 6.92 Å². The summed E-state index contributed by atoms with van der Waals surface area (Å²) < 4.78 is 10.3. The van der Waals surface area contributed by atoms with E-state index in [9.17, 15) is 9.59 Å². The minimum absolute atomic E-state index is 0.0647. The van der Waals surface area contributed by atoms with Crippen molar-refractivity contribution < 1.29 is 8.83 Å². The van der Waals surface area contributed by atoms with Crippen LogP contribution in [0.1, 0.15) is 5.56 Å². The largest absolute Gasteiger partial charge is 0.422 e. The van der Waals surface area contributed by atoms with Gasteiger partial charge in [-0.15, -0.1) is 0 Å². The van der Waals surface area contributed by atoms with Crippen molar-refractivity contribution in [2.75, 3.05) is 5.73 Å². The van der Waals surface area contributed by atoms with E-state index >= 15 is 0 Å². The number of anilines is 1. The van der Waals surface area contributed by atoms with Gasteiger partial charge in [0.05, 0.1) is 5.39 Å². The lowest BCUT2D eigenvalue weighted by molar-refractivity contribution is 0.543. The summed E-state index contributed by atoms with van der Waals surface area (Å²) in [6, 6.07) is 6.87. The molecule has 2 heterocycles. The molecule has 0 bridgehead atoms. The molecular formula is C13H9NO4. The normalized spacial score (nSPS) is 11.2. The fraction of sp³-hybridized carbons (Fsp3) is 0.0769. The number of benzene rings is 1. The van der Waals surface area contributed by atoms with E-state index in [0.29, 0.717) is 16.5 Å². The summed E-state index contributed by atoms with van der Waals surface area (Å²) in [5.41, 5.74) is 5.30. The highest BCUT2D eigenvalue weighted by molar-refractivity contribution is 6.02. The van der Waals surface area contributed by atoms with Gasteiger partial charge in [-0.1, -0.05) is 12.1 Å². The van der Waals surface area contributed by atoms with Gasteiger partial charge in [0.1, 0.15) is 16.7 Å². The third-order valence-corrected chi connectivity index (χ3v) is 2.96. The molecular weight excluding hydrogens is 234 g/mol. The molecule has 5 heteroatoms. The smallest absolute Gasteiger partial charge is 0.359 e. The monoisotopic (exact) mass is 243 g/mol. The number of fused-ring (bicyclic) bond motifs is 3. The van der Waals surface area contributed by atoms with E-state index in [1.54, 1.807) is 31.2 Å². The summed E-state index contributed by atoms with van der Waals surface area (Å²) in [7, 11) is 0. The van der Waals surface area contributed by atoms with Crippen LogP contribution in [0.2, 0.25) is 0 Å². The van der Waals surface area contributed by atoms with Gasteiger partial charge < -0.3 is 14.6 Å². The Bertz CT molecular complexity index is 889. The van der Waals surface area contributed by atoms with Gasteiger partial charge in [0.15, 0.2) is 5.58 Å². The topological polar surface area (TPSA) is 86.4 Å². The minimum Gasteiger partial charge on any atom is -0.422 e. The Morgan fingerprint density at radius 1 is 1.06 bits per heavy atom. The first kappa shape index (κ1) is 10.6. The molecule has 0 saturated heterocycles. The first-order valence-electron chi connectivity index (χ1n) is 5.34. The van der Waals surface area contributed by atoms with Gasteiger partial charge in [-0.3, -0.25) is 0 Å². The first-order chi connectivity index (χ1) is 8.59. The molecule has 0 aliphatic heterocycles. The van der Waals surface area contributed by atoms with E-state index in [1.165, 1.54) is 0 Å². The maximum absolute atomic E-state index is 11.9. The maximum atomic E-state index is 11.9. The van der Waals surface area contributed by atoms with Crippen LogP contribution in [0.5, 0.6) is 0 Å². The summed E-state index contributed by atoms with van der Waals surface area (Å²) in [5.74, 6) is 0. The number of aryl methyl sites for hydroxylation is 1. The van der Waals surface area contributed by atoms with Crippen molar-refractivity contribution in [3.8, 4) is 0 Å². The molecule has 0 saturated carbocycles. The fourth-order valence-corrected chi connectivity index (χ4v) is 1.99. The summed E-state index contributed by atoms with van der Waals surface area (Å²) in [6.45, 7) is 1.60. The molecule has 0 radical (unpaired) electrons. The van der Waals surface area contributed by atoms with Gasteiger partial charge in [0.25, 0.3) is 0 Å². The number of hydrogen-bond acceptors (Lipinski definition) is 5. The fourth-order valence-electron chi connectivity index (χ4n) is 1.99. The number of rotatable bonds is 0. The Kier molecular flexibility index (Phi) is 2.04. The Labute approximate surface area is 100 Å². The molecule has 1 aromatic carbocycles. The molecule has 0 spiro atoms. The molecule has 0 fully saturated rings. The van der Waals surface area contributed by atoms with Crippen LogP contribution in [0.4, 0.5) is 5.69 Å². The average Bonchev–Trinajstić information content (AvgIpc) is 2.35. The standard InChI is InChI=1S/C13H9NO4/c1-6-9-11(18-13(16)10(6)14)7-4-2-3-5-8(7)17-12(9)15/h2-5H,14H2,1H3. The predicted molar refractivity (Wildman–Crippen MR) is 67.7 cm³/mol. The number of nitrogens with two attached hydrogens (primary N) is 1. The predicted octanol–water partition coefficient (Wildman–Crippen LogP) is 1.79. The molecule has 0 aliphatic rings. The highest BCUT2D eigenvalue weighted by Gasteiger charge is 2.15. The van der Waals surface area contributed by atoms with Crippen molar-refractivity contribution in [3.63, 3.8) is 0 Å². The molecule has 3 aromatic rings.